The summed E-state index contributed by atoms with van der Waals surface area (Å²) in [7, 11) is 0. The van der Waals surface area contributed by atoms with Crippen LogP contribution in [-0.4, -0.2) is 16.8 Å². The van der Waals surface area contributed by atoms with Crippen LogP contribution in [0.15, 0.2) is 22.7 Å². The molecule has 1 aromatic carbocycles. The highest BCUT2D eigenvalue weighted by molar-refractivity contribution is 9.10. The molecule has 0 aliphatic carbocycles. The summed E-state index contributed by atoms with van der Waals surface area (Å²) in [6.07, 6.45) is 1.75. The second-order valence-electron chi connectivity index (χ2n) is 4.23. The fourth-order valence-corrected chi connectivity index (χ4v) is 3.44. The summed E-state index contributed by atoms with van der Waals surface area (Å²) in [5, 5.41) is 4.37. The number of hydrogen-bond donors (Lipinski definition) is 1. The zero-order valence-electron chi connectivity index (χ0n) is 10.4. The number of amides is 1. The van der Waals surface area contributed by atoms with Crippen LogP contribution in [0.2, 0.25) is 5.02 Å². The topological polar surface area (TPSA) is 29.1 Å². The first-order valence-corrected chi connectivity index (χ1v) is 8.10. The lowest BCUT2D eigenvalue weighted by molar-refractivity contribution is 0.0903. The molecular weight excluding hydrogens is 381 g/mol. The van der Waals surface area contributed by atoms with Crippen molar-refractivity contribution in [2.24, 2.45) is 0 Å². The highest BCUT2D eigenvalue weighted by atomic mass is 79.9. The van der Waals surface area contributed by atoms with Crippen molar-refractivity contribution >= 4 is 49.4 Å². The second-order valence-corrected chi connectivity index (χ2v) is 6.15. The van der Waals surface area contributed by atoms with Gasteiger partial charge in [-0.3, -0.25) is 4.79 Å². The van der Waals surface area contributed by atoms with Crippen molar-refractivity contribution in [3.05, 3.63) is 33.3 Å². The van der Waals surface area contributed by atoms with Gasteiger partial charge in [-0.25, -0.2) is 0 Å². The highest BCUT2D eigenvalue weighted by Gasteiger charge is 2.27. The molecule has 0 bridgehead atoms. The van der Waals surface area contributed by atoms with Gasteiger partial charge in [-0.2, -0.15) is 0 Å². The van der Waals surface area contributed by atoms with Gasteiger partial charge >= 0.3 is 0 Å². The van der Waals surface area contributed by atoms with E-state index in [0.29, 0.717) is 10.6 Å². The first kappa shape index (κ1) is 16.0. The second kappa shape index (κ2) is 6.92. The van der Waals surface area contributed by atoms with Crippen LogP contribution in [0.4, 0.5) is 0 Å². The zero-order valence-corrected chi connectivity index (χ0v) is 14.3. The molecule has 18 heavy (non-hydrogen) atoms. The summed E-state index contributed by atoms with van der Waals surface area (Å²) < 4.78 is 0.803. The highest BCUT2D eigenvalue weighted by Crippen LogP contribution is 2.22. The van der Waals surface area contributed by atoms with E-state index in [1.165, 1.54) is 0 Å². The number of alkyl halides is 1. The SMILES string of the molecule is CCC(CC)(CBr)NC(=O)c1cc(Cl)cc(Br)c1. The van der Waals surface area contributed by atoms with Gasteiger partial charge in [0.25, 0.3) is 5.91 Å². The van der Waals surface area contributed by atoms with Crippen molar-refractivity contribution in [3.8, 4) is 0 Å². The summed E-state index contributed by atoms with van der Waals surface area (Å²) >= 11 is 12.8. The Bertz CT molecular complexity index is 404. The molecule has 0 aliphatic rings. The average Bonchev–Trinajstić information content (AvgIpc) is 2.35. The van der Waals surface area contributed by atoms with Crippen LogP contribution in [0.5, 0.6) is 0 Å². The lowest BCUT2D eigenvalue weighted by Crippen LogP contribution is -2.49. The van der Waals surface area contributed by atoms with E-state index in [9.17, 15) is 4.79 Å². The van der Waals surface area contributed by atoms with Crippen molar-refractivity contribution in [2.75, 3.05) is 5.33 Å². The maximum absolute atomic E-state index is 12.2. The number of carbonyl (C=O) groups excluding carboxylic acids is 1. The largest absolute Gasteiger partial charge is 0.346 e. The molecule has 1 amide bonds. The molecule has 0 saturated heterocycles. The fourth-order valence-electron chi connectivity index (χ4n) is 1.65. The minimum atomic E-state index is -0.203. The van der Waals surface area contributed by atoms with Crippen molar-refractivity contribution in [1.82, 2.24) is 5.32 Å². The molecular formula is C13H16Br2ClNO. The summed E-state index contributed by atoms with van der Waals surface area (Å²) in [6.45, 7) is 4.14. The van der Waals surface area contributed by atoms with Gasteiger partial charge in [-0.1, -0.05) is 57.3 Å². The van der Waals surface area contributed by atoms with Crippen LogP contribution in [-0.2, 0) is 0 Å². The van der Waals surface area contributed by atoms with E-state index in [2.05, 4.69) is 51.0 Å². The molecule has 0 heterocycles. The van der Waals surface area contributed by atoms with Crippen LogP contribution < -0.4 is 5.32 Å². The molecule has 1 aromatic rings. The third kappa shape index (κ3) is 3.97. The van der Waals surface area contributed by atoms with Gasteiger partial charge in [0.15, 0.2) is 0 Å². The molecule has 100 valence electrons. The van der Waals surface area contributed by atoms with E-state index in [-0.39, 0.29) is 11.4 Å². The Morgan fingerprint density at radius 1 is 1.33 bits per heavy atom. The predicted molar refractivity (Wildman–Crippen MR) is 83.7 cm³/mol. The maximum atomic E-state index is 12.2. The van der Waals surface area contributed by atoms with Crippen molar-refractivity contribution in [2.45, 2.75) is 32.2 Å². The number of carbonyl (C=O) groups is 1. The lowest BCUT2D eigenvalue weighted by atomic mass is 9.95. The van der Waals surface area contributed by atoms with Gasteiger partial charge in [-0.05, 0) is 31.0 Å². The summed E-state index contributed by atoms with van der Waals surface area (Å²) in [6, 6.07) is 5.20. The van der Waals surface area contributed by atoms with Gasteiger partial charge in [-0.15, -0.1) is 0 Å². The summed E-state index contributed by atoms with van der Waals surface area (Å²) in [5.41, 5.74) is 0.368. The Labute approximate surface area is 130 Å². The van der Waals surface area contributed by atoms with Crippen LogP contribution in [0.1, 0.15) is 37.0 Å². The van der Waals surface area contributed by atoms with Crippen LogP contribution in [0, 0.1) is 0 Å². The maximum Gasteiger partial charge on any atom is 0.251 e. The van der Waals surface area contributed by atoms with Gasteiger partial charge < -0.3 is 5.32 Å². The first-order valence-electron chi connectivity index (χ1n) is 5.81. The van der Waals surface area contributed by atoms with E-state index in [4.69, 9.17) is 11.6 Å². The third-order valence-electron chi connectivity index (χ3n) is 3.11. The van der Waals surface area contributed by atoms with E-state index >= 15 is 0 Å². The monoisotopic (exact) mass is 395 g/mol. The van der Waals surface area contributed by atoms with Crippen molar-refractivity contribution < 1.29 is 4.79 Å². The third-order valence-corrected chi connectivity index (χ3v) is 4.86. The molecule has 0 aromatic heterocycles. The zero-order chi connectivity index (χ0) is 13.8. The Balaban J connectivity index is 2.94. The normalized spacial score (nSPS) is 11.4. The average molecular weight is 398 g/mol. The Kier molecular flexibility index (Phi) is 6.15. The number of halogens is 3. The molecule has 0 atom stereocenters. The van der Waals surface area contributed by atoms with Crippen molar-refractivity contribution in [1.29, 1.82) is 0 Å². The molecule has 0 spiro atoms. The minimum Gasteiger partial charge on any atom is -0.346 e. The van der Waals surface area contributed by atoms with E-state index in [1.54, 1.807) is 18.2 Å². The van der Waals surface area contributed by atoms with E-state index < -0.39 is 0 Å². The first-order chi connectivity index (χ1) is 8.46. The fraction of sp³-hybridized carbons (Fsp3) is 0.462. The van der Waals surface area contributed by atoms with Crippen LogP contribution >= 0.6 is 43.5 Å². The molecule has 0 radical (unpaired) electrons. The van der Waals surface area contributed by atoms with Crippen LogP contribution in [0.25, 0.3) is 0 Å². The lowest BCUT2D eigenvalue weighted by Gasteiger charge is -2.31. The number of benzene rings is 1. The smallest absolute Gasteiger partial charge is 0.251 e. The summed E-state index contributed by atoms with van der Waals surface area (Å²) in [5.74, 6) is -0.0960. The van der Waals surface area contributed by atoms with Crippen LogP contribution in [0.3, 0.4) is 0 Å². The molecule has 1 N–H and O–H groups in total. The molecule has 0 saturated carbocycles. The molecule has 1 rings (SSSR count). The molecule has 5 heteroatoms. The number of hydrogen-bond acceptors (Lipinski definition) is 1. The molecule has 0 aliphatic heterocycles. The Morgan fingerprint density at radius 2 is 1.94 bits per heavy atom. The molecule has 0 fully saturated rings. The van der Waals surface area contributed by atoms with Gasteiger partial charge in [0.1, 0.15) is 0 Å². The van der Waals surface area contributed by atoms with E-state index in [1.807, 2.05) is 0 Å². The Hall–Kier alpha value is -0.0600. The van der Waals surface area contributed by atoms with Gasteiger partial charge in [0.2, 0.25) is 0 Å². The van der Waals surface area contributed by atoms with Crippen molar-refractivity contribution in [3.63, 3.8) is 0 Å². The molecule has 0 unspecified atom stereocenters. The predicted octanol–water partition coefficient (Wildman–Crippen LogP) is 4.79. The molecule has 2 nitrogen and oxygen atoms in total. The number of rotatable bonds is 5. The standard InChI is InChI=1S/C13H16Br2ClNO/c1-3-13(4-2,8-14)17-12(18)9-5-10(15)7-11(16)6-9/h5-7H,3-4,8H2,1-2H3,(H,17,18). The van der Waals surface area contributed by atoms with E-state index in [0.717, 1.165) is 22.6 Å². The Morgan fingerprint density at radius 3 is 2.39 bits per heavy atom. The van der Waals surface area contributed by atoms with Gasteiger partial charge in [0, 0.05) is 25.9 Å². The van der Waals surface area contributed by atoms with Gasteiger partial charge in [0.05, 0.1) is 0 Å². The minimum absolute atomic E-state index is 0.0960. The summed E-state index contributed by atoms with van der Waals surface area (Å²) in [4.78, 5) is 12.2. The number of nitrogens with one attached hydrogen (secondary N) is 1. The quantitative estimate of drug-likeness (QED) is 0.712.